The number of aliphatic imine (C=N–C) groups is 1. The van der Waals surface area contributed by atoms with E-state index >= 15 is 0 Å². The van der Waals surface area contributed by atoms with E-state index in [1.807, 2.05) is 11.9 Å². The Morgan fingerprint density at radius 1 is 1.26 bits per heavy atom. The van der Waals surface area contributed by atoms with Crippen molar-refractivity contribution in [2.24, 2.45) is 4.99 Å². The van der Waals surface area contributed by atoms with Crippen molar-refractivity contribution in [3.8, 4) is 17.6 Å². The van der Waals surface area contributed by atoms with Crippen LogP contribution in [0, 0.1) is 11.8 Å². The van der Waals surface area contributed by atoms with Gasteiger partial charge in [0.25, 0.3) is 5.91 Å². The summed E-state index contributed by atoms with van der Waals surface area (Å²) in [5.41, 5.74) is 2.10. The number of benzene rings is 2. The number of fused-ring (bicyclic) bond motifs is 1. The van der Waals surface area contributed by atoms with E-state index in [1.165, 1.54) is 13.2 Å². The first-order valence-corrected chi connectivity index (χ1v) is 13.4. The molecule has 12 heteroatoms. The number of piperidine rings is 1. The largest absolute Gasteiger partial charge is 0.495 e. The van der Waals surface area contributed by atoms with Gasteiger partial charge in [-0.25, -0.2) is 4.39 Å². The molecule has 1 unspecified atom stereocenters. The van der Waals surface area contributed by atoms with Gasteiger partial charge in [0.15, 0.2) is 6.17 Å². The number of alkyl halides is 4. The zero-order chi connectivity index (χ0) is 30.4. The molecule has 4 rings (SSSR count). The molecule has 1 fully saturated rings. The molecule has 8 nitrogen and oxygen atoms in total. The Bertz CT molecular complexity index is 1520. The van der Waals surface area contributed by atoms with Crippen molar-refractivity contribution in [1.29, 1.82) is 0 Å². The number of rotatable bonds is 8. The van der Waals surface area contributed by atoms with Gasteiger partial charge in [-0.05, 0) is 56.3 Å². The van der Waals surface area contributed by atoms with Crippen molar-refractivity contribution in [1.82, 2.24) is 14.8 Å². The third-order valence-electron chi connectivity index (χ3n) is 6.81. The van der Waals surface area contributed by atoms with Gasteiger partial charge in [-0.15, -0.1) is 0 Å². The summed E-state index contributed by atoms with van der Waals surface area (Å²) in [6, 6.07) is 10.7. The van der Waals surface area contributed by atoms with Crippen molar-refractivity contribution < 1.29 is 32.2 Å². The molecule has 0 saturated carbocycles. The maximum atomic E-state index is 14.6. The number of halogens is 4. The fourth-order valence-corrected chi connectivity index (χ4v) is 4.64. The molecule has 224 valence electrons. The molecule has 0 radical (unpaired) electrons. The standard InChI is InChI=1S/C30H33F4N5O3/c1-19(17-40)36-29(41)20-9-10-26(28(14-20)42-3)35-12-5-6-21-15-22-24(37-25-11-13-38(2)16-23(25)31)7-4-8-27(22)39(21)18-30(32,33)34/h4,7-10,14-15,19,23,35,40H,11-13,16-18H2,1-3H3,(H,36,41)/b37-25+/t19?,23-/m0/s1. The lowest BCUT2D eigenvalue weighted by molar-refractivity contribution is -0.140. The van der Waals surface area contributed by atoms with Gasteiger partial charge in [-0.2, -0.15) is 13.2 Å². The number of anilines is 1. The van der Waals surface area contributed by atoms with Crippen molar-refractivity contribution in [2.45, 2.75) is 38.3 Å². The summed E-state index contributed by atoms with van der Waals surface area (Å²) < 4.78 is 61.7. The van der Waals surface area contributed by atoms with Crippen molar-refractivity contribution in [3.63, 3.8) is 0 Å². The average Bonchev–Trinajstić information content (AvgIpc) is 3.28. The third-order valence-corrected chi connectivity index (χ3v) is 6.81. The van der Waals surface area contributed by atoms with Gasteiger partial charge in [0, 0.05) is 36.5 Å². The minimum absolute atomic E-state index is 0.0726. The predicted molar refractivity (Wildman–Crippen MR) is 154 cm³/mol. The maximum absolute atomic E-state index is 14.6. The second-order valence-electron chi connectivity index (χ2n) is 10.2. The fraction of sp³-hybridized carbons (Fsp3) is 0.400. The Labute approximate surface area is 241 Å². The summed E-state index contributed by atoms with van der Waals surface area (Å²) in [7, 11) is 3.27. The van der Waals surface area contributed by atoms with E-state index in [1.54, 1.807) is 43.3 Å². The molecule has 0 bridgehead atoms. The van der Waals surface area contributed by atoms with Crippen LogP contribution in [-0.4, -0.2) is 85.0 Å². The van der Waals surface area contributed by atoms with Crippen LogP contribution in [-0.2, 0) is 6.54 Å². The first-order valence-electron chi connectivity index (χ1n) is 13.4. The van der Waals surface area contributed by atoms with Crippen LogP contribution in [0.3, 0.4) is 0 Å². The zero-order valence-electron chi connectivity index (χ0n) is 23.6. The molecular formula is C30H33F4N5O3. The van der Waals surface area contributed by atoms with Crippen LogP contribution in [0.5, 0.6) is 5.75 Å². The molecule has 0 aliphatic carbocycles. The smallest absolute Gasteiger partial charge is 0.406 e. The normalized spacial score (nSPS) is 17.5. The number of hydrogen-bond donors (Lipinski definition) is 3. The number of hydrogen-bond acceptors (Lipinski definition) is 6. The number of nitrogens with one attached hydrogen (secondary N) is 2. The van der Waals surface area contributed by atoms with Gasteiger partial charge in [-0.1, -0.05) is 12.0 Å². The van der Waals surface area contributed by atoms with E-state index in [-0.39, 0.29) is 31.3 Å². The van der Waals surface area contributed by atoms with Gasteiger partial charge >= 0.3 is 6.18 Å². The van der Waals surface area contributed by atoms with Crippen molar-refractivity contribution in [2.75, 3.05) is 45.7 Å². The van der Waals surface area contributed by atoms with Crippen LogP contribution >= 0.6 is 0 Å². The molecule has 2 heterocycles. The topological polar surface area (TPSA) is 91.1 Å². The first-order chi connectivity index (χ1) is 20.0. The molecule has 1 amide bonds. The van der Waals surface area contributed by atoms with Crippen molar-refractivity contribution >= 4 is 33.9 Å². The number of aromatic nitrogens is 1. The zero-order valence-corrected chi connectivity index (χ0v) is 23.6. The Morgan fingerprint density at radius 3 is 2.74 bits per heavy atom. The second-order valence-corrected chi connectivity index (χ2v) is 10.2. The van der Waals surface area contributed by atoms with E-state index in [2.05, 4.69) is 27.5 Å². The van der Waals surface area contributed by atoms with E-state index in [0.717, 1.165) is 4.57 Å². The average molecular weight is 588 g/mol. The van der Waals surface area contributed by atoms with Crippen LogP contribution in [0.1, 0.15) is 29.4 Å². The molecule has 0 spiro atoms. The van der Waals surface area contributed by atoms with Gasteiger partial charge in [0.05, 0.1) is 48.6 Å². The molecule has 3 N–H and O–H groups in total. The van der Waals surface area contributed by atoms with E-state index in [4.69, 9.17) is 9.84 Å². The number of aliphatic hydroxyl groups excluding tert-OH is 1. The van der Waals surface area contributed by atoms with Crippen LogP contribution in [0.2, 0.25) is 0 Å². The third kappa shape index (κ3) is 7.60. The highest BCUT2D eigenvalue weighted by Crippen LogP contribution is 2.32. The molecule has 2 atom stereocenters. The summed E-state index contributed by atoms with van der Waals surface area (Å²) >= 11 is 0. The van der Waals surface area contributed by atoms with Crippen LogP contribution in [0.25, 0.3) is 10.9 Å². The molecule has 2 aromatic carbocycles. The van der Waals surface area contributed by atoms with Gasteiger partial charge in [0.2, 0.25) is 0 Å². The second kappa shape index (κ2) is 13.3. The molecule has 1 aliphatic rings. The highest BCUT2D eigenvalue weighted by atomic mass is 19.4. The molecule has 1 aliphatic heterocycles. The number of likely N-dealkylation sites (tertiary alicyclic amines) is 1. The molecule has 1 saturated heterocycles. The van der Waals surface area contributed by atoms with Crippen LogP contribution in [0.15, 0.2) is 47.5 Å². The van der Waals surface area contributed by atoms with E-state index in [9.17, 15) is 22.4 Å². The number of nitrogens with zero attached hydrogens (tertiary/aromatic N) is 3. The number of ether oxygens (including phenoxy) is 1. The lowest BCUT2D eigenvalue weighted by atomic mass is 10.1. The SMILES string of the molecule is COc1cc(C(=O)NC(C)CO)ccc1NCC#Cc1cc2c(/N=C3\CCN(C)C[C@@H]3F)cccc2n1CC(F)(F)F. The van der Waals surface area contributed by atoms with E-state index in [0.29, 0.717) is 52.3 Å². The molecule has 42 heavy (non-hydrogen) atoms. The monoisotopic (exact) mass is 587 g/mol. The Balaban J connectivity index is 1.59. The van der Waals surface area contributed by atoms with Gasteiger partial charge in [0.1, 0.15) is 12.3 Å². The van der Waals surface area contributed by atoms with Crippen LogP contribution < -0.4 is 15.4 Å². The number of methoxy groups -OCH3 is 1. The number of amides is 1. The van der Waals surface area contributed by atoms with Gasteiger partial charge < -0.3 is 29.9 Å². The predicted octanol–water partition coefficient (Wildman–Crippen LogP) is 4.53. The highest BCUT2D eigenvalue weighted by molar-refractivity contribution is 5.98. The number of carbonyl (C=O) groups excluding carboxylic acids is 1. The maximum Gasteiger partial charge on any atom is 0.406 e. The summed E-state index contributed by atoms with van der Waals surface area (Å²) in [4.78, 5) is 18.7. The van der Waals surface area contributed by atoms with E-state index < -0.39 is 24.9 Å². The number of aliphatic hydroxyl groups is 1. The Morgan fingerprint density at radius 2 is 2.05 bits per heavy atom. The highest BCUT2D eigenvalue weighted by Gasteiger charge is 2.30. The van der Waals surface area contributed by atoms with Gasteiger partial charge in [-0.3, -0.25) is 9.79 Å². The van der Waals surface area contributed by atoms with Crippen LogP contribution in [0.4, 0.5) is 28.9 Å². The lowest BCUT2D eigenvalue weighted by Crippen LogP contribution is -2.39. The lowest BCUT2D eigenvalue weighted by Gasteiger charge is -2.26. The molecular weight excluding hydrogens is 554 g/mol. The summed E-state index contributed by atoms with van der Waals surface area (Å²) in [6.45, 7) is 1.17. The summed E-state index contributed by atoms with van der Waals surface area (Å²) in [5.74, 6) is 5.69. The molecule has 3 aromatic rings. The number of carbonyl (C=O) groups is 1. The fourth-order valence-electron chi connectivity index (χ4n) is 4.64. The first kappa shape index (κ1) is 30.9. The minimum Gasteiger partial charge on any atom is -0.495 e. The Kier molecular flexibility index (Phi) is 9.75. The summed E-state index contributed by atoms with van der Waals surface area (Å²) in [5, 5.41) is 15.3. The Hall–Kier alpha value is -4.08. The minimum atomic E-state index is -4.49. The summed E-state index contributed by atoms with van der Waals surface area (Å²) in [6.07, 6.45) is -5.30. The quantitative estimate of drug-likeness (QED) is 0.266. The molecule has 1 aromatic heterocycles. The van der Waals surface area contributed by atoms with Crippen molar-refractivity contribution in [3.05, 3.63) is 53.7 Å².